The van der Waals surface area contributed by atoms with Gasteiger partial charge in [0.15, 0.2) is 6.10 Å². The number of carbonyl (C=O) groups is 3. The maximum absolute atomic E-state index is 12.8. The highest BCUT2D eigenvalue weighted by Crippen LogP contribution is 2.13. The van der Waals surface area contributed by atoms with Crippen molar-refractivity contribution in [2.45, 2.75) is 232 Å². The van der Waals surface area contributed by atoms with Crippen LogP contribution in [0.2, 0.25) is 0 Å². The van der Waals surface area contributed by atoms with E-state index in [1.54, 1.807) is 0 Å². The highest BCUT2D eigenvalue weighted by molar-refractivity contribution is 5.71. The molecule has 388 valence electrons. The normalized spacial score (nSPS) is 13.1. The Balaban J connectivity index is 4.56. The zero-order valence-corrected chi connectivity index (χ0v) is 44.3. The fourth-order valence-electron chi connectivity index (χ4n) is 7.03. The van der Waals surface area contributed by atoms with Gasteiger partial charge in [-0.15, -0.1) is 0 Å². The van der Waals surface area contributed by atoms with Crippen molar-refractivity contribution in [3.8, 4) is 0 Å². The predicted octanol–water partition coefficient (Wildman–Crippen LogP) is 18.6. The summed E-state index contributed by atoms with van der Waals surface area (Å²) in [6.07, 6.45) is 78.7. The number of hydrogen-bond acceptors (Lipinski definition) is 6. The van der Waals surface area contributed by atoms with Gasteiger partial charge in [0, 0.05) is 19.3 Å². The van der Waals surface area contributed by atoms with Crippen LogP contribution in [0.1, 0.15) is 226 Å². The molecule has 1 atom stereocenters. The number of ether oxygens (including phenoxy) is 3. The van der Waals surface area contributed by atoms with Crippen LogP contribution in [-0.4, -0.2) is 37.2 Å². The molecule has 0 saturated carbocycles. The first kappa shape index (κ1) is 64.5. The van der Waals surface area contributed by atoms with Gasteiger partial charge in [-0.1, -0.05) is 212 Å². The molecular weight excluding hydrogens is 853 g/mol. The largest absolute Gasteiger partial charge is 0.462 e. The molecule has 0 amide bonds. The van der Waals surface area contributed by atoms with Gasteiger partial charge < -0.3 is 14.2 Å². The topological polar surface area (TPSA) is 78.9 Å². The van der Waals surface area contributed by atoms with Crippen molar-refractivity contribution in [1.29, 1.82) is 0 Å². The van der Waals surface area contributed by atoms with Crippen LogP contribution in [0.4, 0.5) is 0 Å². The Kier molecular flexibility index (Phi) is 52.5. The SMILES string of the molecule is CC/C=C\C/C=C\C/C=C\C/C=C\C/C=C\CCCC(=O)O[C@H](COC(=O)CCCCCC/C=C\C/C=C\C/C=C\C/C=C\CC)COC(=O)CCCCCCCCC/C=C\C/C=C\CCCCC. The number of rotatable bonds is 48. The summed E-state index contributed by atoms with van der Waals surface area (Å²) in [5, 5.41) is 0. The summed E-state index contributed by atoms with van der Waals surface area (Å²) in [6, 6.07) is 0. The molecule has 0 unspecified atom stereocenters. The molecule has 6 heteroatoms. The van der Waals surface area contributed by atoms with Gasteiger partial charge in [-0.05, 0) is 128 Å². The van der Waals surface area contributed by atoms with Crippen molar-refractivity contribution in [3.05, 3.63) is 134 Å². The van der Waals surface area contributed by atoms with Crippen LogP contribution in [0.25, 0.3) is 0 Å². The number of unbranched alkanes of at least 4 members (excludes halogenated alkanes) is 15. The zero-order chi connectivity index (χ0) is 50.0. The van der Waals surface area contributed by atoms with Gasteiger partial charge in [-0.2, -0.15) is 0 Å². The first-order chi connectivity index (χ1) is 34.0. The summed E-state index contributed by atoms with van der Waals surface area (Å²) in [4.78, 5) is 38.1. The second-order valence-corrected chi connectivity index (χ2v) is 17.7. The Hall–Kier alpha value is -4.45. The van der Waals surface area contributed by atoms with Gasteiger partial charge in [0.05, 0.1) is 0 Å². The van der Waals surface area contributed by atoms with E-state index in [1.165, 1.54) is 51.4 Å². The lowest BCUT2D eigenvalue weighted by molar-refractivity contribution is -0.167. The van der Waals surface area contributed by atoms with E-state index in [4.69, 9.17) is 14.2 Å². The highest BCUT2D eigenvalue weighted by Gasteiger charge is 2.19. The molecule has 0 aromatic heterocycles. The lowest BCUT2D eigenvalue weighted by atomic mass is 10.1. The van der Waals surface area contributed by atoms with Gasteiger partial charge in [0.2, 0.25) is 0 Å². The van der Waals surface area contributed by atoms with Crippen LogP contribution in [-0.2, 0) is 28.6 Å². The smallest absolute Gasteiger partial charge is 0.306 e. The van der Waals surface area contributed by atoms with E-state index in [1.807, 2.05) is 0 Å². The molecule has 0 bridgehead atoms. The molecule has 6 nitrogen and oxygen atoms in total. The van der Waals surface area contributed by atoms with E-state index in [2.05, 4.69) is 154 Å². The van der Waals surface area contributed by atoms with Crippen LogP contribution in [0.5, 0.6) is 0 Å². The van der Waals surface area contributed by atoms with E-state index < -0.39 is 6.10 Å². The summed E-state index contributed by atoms with van der Waals surface area (Å²) in [6.45, 7) is 6.30. The molecule has 0 aliphatic rings. The summed E-state index contributed by atoms with van der Waals surface area (Å²) >= 11 is 0. The number of allylic oxidation sites excluding steroid dienone is 22. The predicted molar refractivity (Wildman–Crippen MR) is 297 cm³/mol. The lowest BCUT2D eigenvalue weighted by Crippen LogP contribution is -2.30. The fourth-order valence-corrected chi connectivity index (χ4v) is 7.03. The number of hydrogen-bond donors (Lipinski definition) is 0. The van der Waals surface area contributed by atoms with Crippen molar-refractivity contribution < 1.29 is 28.6 Å². The van der Waals surface area contributed by atoms with Gasteiger partial charge in [0.25, 0.3) is 0 Å². The highest BCUT2D eigenvalue weighted by atomic mass is 16.6. The van der Waals surface area contributed by atoms with Crippen LogP contribution in [0, 0.1) is 0 Å². The van der Waals surface area contributed by atoms with Crippen LogP contribution in [0.3, 0.4) is 0 Å². The summed E-state index contributed by atoms with van der Waals surface area (Å²) in [5.74, 6) is -1.01. The maximum Gasteiger partial charge on any atom is 0.306 e. The zero-order valence-electron chi connectivity index (χ0n) is 44.3. The summed E-state index contributed by atoms with van der Waals surface area (Å²) in [5.41, 5.74) is 0. The first-order valence-corrected chi connectivity index (χ1v) is 27.7. The van der Waals surface area contributed by atoms with Gasteiger partial charge in [-0.3, -0.25) is 14.4 Å². The molecule has 0 aromatic rings. The average Bonchev–Trinajstić information content (AvgIpc) is 3.35. The minimum atomic E-state index is -0.827. The minimum Gasteiger partial charge on any atom is -0.462 e. The van der Waals surface area contributed by atoms with Crippen molar-refractivity contribution in [3.63, 3.8) is 0 Å². The molecular formula is C63H100O6. The molecule has 0 aliphatic carbocycles. The minimum absolute atomic E-state index is 0.117. The molecule has 0 N–H and O–H groups in total. The van der Waals surface area contributed by atoms with E-state index >= 15 is 0 Å². The quantitative estimate of drug-likeness (QED) is 0.0262. The fraction of sp³-hybridized carbons (Fsp3) is 0.603. The van der Waals surface area contributed by atoms with Crippen molar-refractivity contribution in [2.75, 3.05) is 13.2 Å². The van der Waals surface area contributed by atoms with Crippen LogP contribution in [0.15, 0.2) is 134 Å². The Bertz CT molecular complexity index is 1510. The molecule has 0 aromatic carbocycles. The molecule has 0 saturated heterocycles. The number of esters is 3. The van der Waals surface area contributed by atoms with Crippen LogP contribution >= 0.6 is 0 Å². The molecule has 0 heterocycles. The molecule has 0 rings (SSSR count). The van der Waals surface area contributed by atoms with Gasteiger partial charge in [-0.25, -0.2) is 0 Å². The number of carbonyl (C=O) groups excluding carboxylic acids is 3. The Morgan fingerprint density at radius 2 is 0.580 bits per heavy atom. The molecule has 0 radical (unpaired) electrons. The third-order valence-corrected chi connectivity index (χ3v) is 11.1. The van der Waals surface area contributed by atoms with Crippen molar-refractivity contribution >= 4 is 17.9 Å². The molecule has 0 aliphatic heterocycles. The Morgan fingerprint density at radius 1 is 0.304 bits per heavy atom. The molecule has 69 heavy (non-hydrogen) atoms. The second-order valence-electron chi connectivity index (χ2n) is 17.7. The third kappa shape index (κ3) is 54.4. The van der Waals surface area contributed by atoms with Crippen molar-refractivity contribution in [2.24, 2.45) is 0 Å². The first-order valence-electron chi connectivity index (χ1n) is 27.7. The van der Waals surface area contributed by atoms with Crippen molar-refractivity contribution in [1.82, 2.24) is 0 Å². The summed E-state index contributed by atoms with van der Waals surface area (Å²) in [7, 11) is 0. The Morgan fingerprint density at radius 3 is 0.928 bits per heavy atom. The molecule has 0 fully saturated rings. The van der Waals surface area contributed by atoms with E-state index in [9.17, 15) is 14.4 Å². The molecule has 0 spiro atoms. The van der Waals surface area contributed by atoms with E-state index in [0.717, 1.165) is 128 Å². The van der Waals surface area contributed by atoms with Gasteiger partial charge >= 0.3 is 17.9 Å². The average molecular weight is 953 g/mol. The lowest BCUT2D eigenvalue weighted by Gasteiger charge is -2.18. The van der Waals surface area contributed by atoms with Gasteiger partial charge in [0.1, 0.15) is 13.2 Å². The summed E-state index contributed by atoms with van der Waals surface area (Å²) < 4.78 is 16.8. The van der Waals surface area contributed by atoms with E-state index in [0.29, 0.717) is 19.3 Å². The third-order valence-electron chi connectivity index (χ3n) is 11.1. The maximum atomic E-state index is 12.8. The second kappa shape index (κ2) is 56.1. The van der Waals surface area contributed by atoms with E-state index in [-0.39, 0.29) is 37.5 Å². The Labute approximate surface area is 424 Å². The monoisotopic (exact) mass is 953 g/mol. The van der Waals surface area contributed by atoms with Crippen LogP contribution < -0.4 is 0 Å². The standard InChI is InChI=1S/C63H100O6/c1-4-7-10-13-16-19-22-25-28-31-34-37-40-43-46-49-52-55-61(64)67-58-60(69-63(66)57-54-51-48-45-42-39-36-33-30-27-24-21-18-15-12-9-6-3)59-68-62(65)56-53-50-47-44-41-38-35-32-29-26-23-20-17-14-11-8-5-2/h7,9-10,12,16-21,25-30,34,36-37,39,45,48,60H,4-6,8,11,13-15,22-24,31-33,35,38,40-44,46-47,49-59H2,1-3H3/b10-7-,12-9-,19-16-,20-17-,21-18-,28-25-,29-26-,30-27-,37-34-,39-36-,48-45-/t60-/m1/s1.